The van der Waals surface area contributed by atoms with Crippen molar-refractivity contribution in [2.75, 3.05) is 19.6 Å². The van der Waals surface area contributed by atoms with E-state index < -0.39 is 0 Å². The van der Waals surface area contributed by atoms with E-state index in [0.29, 0.717) is 0 Å². The molecule has 1 unspecified atom stereocenters. The van der Waals surface area contributed by atoms with Crippen molar-refractivity contribution in [3.8, 4) is 0 Å². The average molecular weight is 172 g/mol. The van der Waals surface area contributed by atoms with Crippen LogP contribution in [0.2, 0.25) is 0 Å². The average Bonchev–Trinajstić information content (AvgIpc) is 2.01. The minimum atomic E-state index is 0.285. The molecule has 11 heavy (non-hydrogen) atoms. The molecule has 0 aromatic carbocycles. The van der Waals surface area contributed by atoms with Crippen LogP contribution in [-0.4, -0.2) is 35.7 Å². The predicted octanol–water partition coefficient (Wildman–Crippen LogP) is 1.82. The number of hydrogen-bond acceptors (Lipinski definition) is 3. The summed E-state index contributed by atoms with van der Waals surface area (Å²) in [6.45, 7) is 9.49. The normalized spacial score (nSPS) is 12.7. The third-order valence-electron chi connectivity index (χ3n) is 1.69. The second kappa shape index (κ2) is 6.47. The Morgan fingerprint density at radius 3 is 2.36 bits per heavy atom. The number of rotatable bonds is 5. The van der Waals surface area contributed by atoms with Gasteiger partial charge < -0.3 is 4.90 Å². The molecule has 0 aromatic rings. The maximum atomic E-state index is 4.52. The number of isothiocyanates is 1. The fraction of sp³-hybridized carbons (Fsp3) is 0.875. The molecule has 2 nitrogen and oxygen atoms in total. The van der Waals surface area contributed by atoms with Crippen molar-refractivity contribution in [2.24, 2.45) is 4.99 Å². The topological polar surface area (TPSA) is 15.6 Å². The molecule has 0 spiro atoms. The van der Waals surface area contributed by atoms with E-state index >= 15 is 0 Å². The lowest BCUT2D eigenvalue weighted by molar-refractivity contribution is 0.290. The van der Waals surface area contributed by atoms with Crippen LogP contribution in [0.25, 0.3) is 0 Å². The maximum Gasteiger partial charge on any atom is 0.0701 e. The number of nitrogens with zero attached hydrogens (tertiary/aromatic N) is 2. The first-order chi connectivity index (χ1) is 5.24. The zero-order chi connectivity index (χ0) is 8.69. The van der Waals surface area contributed by atoms with Gasteiger partial charge in [0, 0.05) is 6.54 Å². The molecule has 0 aromatic heterocycles. The Morgan fingerprint density at radius 1 is 1.45 bits per heavy atom. The van der Waals surface area contributed by atoms with Crippen LogP contribution in [0.15, 0.2) is 4.99 Å². The quantitative estimate of drug-likeness (QED) is 0.464. The first-order valence-electron chi connectivity index (χ1n) is 4.03. The summed E-state index contributed by atoms with van der Waals surface area (Å²) in [6.07, 6.45) is 0. The van der Waals surface area contributed by atoms with Gasteiger partial charge in [-0.05, 0) is 32.2 Å². The van der Waals surface area contributed by atoms with Crippen molar-refractivity contribution in [1.82, 2.24) is 4.90 Å². The summed E-state index contributed by atoms with van der Waals surface area (Å²) >= 11 is 4.52. The van der Waals surface area contributed by atoms with Gasteiger partial charge in [-0.15, -0.1) is 0 Å². The second-order valence-corrected chi connectivity index (χ2v) is 2.74. The Balaban J connectivity index is 3.70. The Morgan fingerprint density at radius 2 is 2.00 bits per heavy atom. The number of likely N-dealkylation sites (N-methyl/N-ethyl adjacent to an activating group) is 1. The van der Waals surface area contributed by atoms with E-state index in [4.69, 9.17) is 0 Å². The van der Waals surface area contributed by atoms with Crippen LogP contribution < -0.4 is 0 Å². The van der Waals surface area contributed by atoms with E-state index in [1.54, 1.807) is 0 Å². The summed E-state index contributed by atoms with van der Waals surface area (Å²) < 4.78 is 0. The van der Waals surface area contributed by atoms with E-state index in [1.165, 1.54) is 0 Å². The van der Waals surface area contributed by atoms with Crippen molar-refractivity contribution < 1.29 is 0 Å². The van der Waals surface area contributed by atoms with Crippen LogP contribution in [0.4, 0.5) is 0 Å². The van der Waals surface area contributed by atoms with Crippen molar-refractivity contribution in [2.45, 2.75) is 26.8 Å². The number of aliphatic imine (C=N–C) groups is 1. The Kier molecular flexibility index (Phi) is 6.33. The van der Waals surface area contributed by atoms with E-state index in [1.807, 2.05) is 0 Å². The molecule has 0 aliphatic heterocycles. The fourth-order valence-corrected chi connectivity index (χ4v) is 1.17. The molecule has 0 heterocycles. The van der Waals surface area contributed by atoms with Crippen molar-refractivity contribution in [3.05, 3.63) is 0 Å². The zero-order valence-corrected chi connectivity index (χ0v) is 8.32. The largest absolute Gasteiger partial charge is 0.302 e. The molecule has 0 aliphatic carbocycles. The highest BCUT2D eigenvalue weighted by Gasteiger charge is 2.03. The highest BCUT2D eigenvalue weighted by Crippen LogP contribution is 1.94. The monoisotopic (exact) mass is 172 g/mol. The molecule has 3 heteroatoms. The second-order valence-electron chi connectivity index (χ2n) is 2.56. The lowest BCUT2D eigenvalue weighted by atomic mass is 10.3. The van der Waals surface area contributed by atoms with Gasteiger partial charge >= 0.3 is 0 Å². The van der Waals surface area contributed by atoms with Gasteiger partial charge in [0.05, 0.1) is 11.2 Å². The van der Waals surface area contributed by atoms with Crippen molar-refractivity contribution >= 4 is 17.4 Å². The van der Waals surface area contributed by atoms with Gasteiger partial charge in [0.1, 0.15) is 0 Å². The van der Waals surface area contributed by atoms with E-state index in [2.05, 4.69) is 48.0 Å². The van der Waals surface area contributed by atoms with Crippen molar-refractivity contribution in [3.63, 3.8) is 0 Å². The van der Waals surface area contributed by atoms with Crippen LogP contribution in [0, 0.1) is 0 Å². The van der Waals surface area contributed by atoms with E-state index in [-0.39, 0.29) is 6.04 Å². The third kappa shape index (κ3) is 5.08. The first kappa shape index (κ1) is 10.8. The Bertz CT molecular complexity index is 137. The fourth-order valence-electron chi connectivity index (χ4n) is 0.986. The molecular weight excluding hydrogens is 156 g/mol. The minimum absolute atomic E-state index is 0.285. The molecule has 0 rings (SSSR count). The summed E-state index contributed by atoms with van der Waals surface area (Å²) in [7, 11) is 0. The van der Waals surface area contributed by atoms with Gasteiger partial charge in [-0.3, -0.25) is 0 Å². The van der Waals surface area contributed by atoms with Crippen LogP contribution in [0.1, 0.15) is 20.8 Å². The van der Waals surface area contributed by atoms with Gasteiger partial charge in [0.2, 0.25) is 0 Å². The van der Waals surface area contributed by atoms with Crippen LogP contribution >= 0.6 is 12.2 Å². The van der Waals surface area contributed by atoms with Crippen LogP contribution in [-0.2, 0) is 0 Å². The summed E-state index contributed by atoms with van der Waals surface area (Å²) in [5.74, 6) is 0. The van der Waals surface area contributed by atoms with Gasteiger partial charge in [0.25, 0.3) is 0 Å². The Labute approximate surface area is 74.3 Å². The smallest absolute Gasteiger partial charge is 0.0701 e. The molecule has 0 fully saturated rings. The lowest BCUT2D eigenvalue weighted by Crippen LogP contribution is -2.29. The summed E-state index contributed by atoms with van der Waals surface area (Å²) in [4.78, 5) is 6.30. The maximum absolute atomic E-state index is 4.52. The summed E-state index contributed by atoms with van der Waals surface area (Å²) in [6, 6.07) is 0.285. The number of hydrogen-bond donors (Lipinski definition) is 0. The molecule has 0 saturated carbocycles. The zero-order valence-electron chi connectivity index (χ0n) is 7.50. The van der Waals surface area contributed by atoms with Gasteiger partial charge in [-0.25, -0.2) is 4.99 Å². The summed E-state index contributed by atoms with van der Waals surface area (Å²) in [5.41, 5.74) is 0. The van der Waals surface area contributed by atoms with Gasteiger partial charge in [-0.2, -0.15) is 0 Å². The van der Waals surface area contributed by atoms with E-state index in [0.717, 1.165) is 19.6 Å². The molecule has 0 saturated heterocycles. The molecule has 64 valence electrons. The molecule has 0 N–H and O–H groups in total. The van der Waals surface area contributed by atoms with Crippen LogP contribution in [0.3, 0.4) is 0 Å². The SMILES string of the molecule is CCN(CC)CC(C)N=C=S. The Hall–Kier alpha value is -0.240. The standard InChI is InChI=1S/C8H16N2S/c1-4-10(5-2)6-8(3)9-7-11/h8H,4-6H2,1-3H3. The molecule has 0 aliphatic rings. The summed E-state index contributed by atoms with van der Waals surface area (Å²) in [5, 5.41) is 2.40. The molecule has 1 atom stereocenters. The third-order valence-corrected chi connectivity index (χ3v) is 1.80. The van der Waals surface area contributed by atoms with Crippen LogP contribution in [0.5, 0.6) is 0 Å². The number of thiocarbonyl (C=S) groups is 1. The van der Waals surface area contributed by atoms with Crippen molar-refractivity contribution in [1.29, 1.82) is 0 Å². The van der Waals surface area contributed by atoms with Gasteiger partial charge in [0.15, 0.2) is 0 Å². The lowest BCUT2D eigenvalue weighted by Gasteiger charge is -2.19. The molecule has 0 amide bonds. The predicted molar refractivity (Wildman–Crippen MR) is 52.3 cm³/mol. The highest BCUT2D eigenvalue weighted by molar-refractivity contribution is 7.78. The molecule has 0 bridgehead atoms. The van der Waals surface area contributed by atoms with Gasteiger partial charge in [-0.1, -0.05) is 13.8 Å². The first-order valence-corrected chi connectivity index (χ1v) is 4.44. The molecule has 0 radical (unpaired) electrons. The molecular formula is C8H16N2S. The van der Waals surface area contributed by atoms with E-state index in [9.17, 15) is 0 Å². The highest BCUT2D eigenvalue weighted by atomic mass is 32.1. The minimum Gasteiger partial charge on any atom is -0.302 e.